The molecular weight excluding hydrogens is 738 g/mol. The third-order valence-corrected chi connectivity index (χ3v) is 13.5. The molecule has 2 aromatic carbocycles. The van der Waals surface area contributed by atoms with Crippen LogP contribution in [-0.2, 0) is 32.8 Å². The standard InChI is InChI=1S/C36H40F5N5O5SSi/c1-53(2,3)16-15-51-21-45-35(47)26-11-10-25(17-24(26)19-43-45)44(20-22-9-12-27(42-18-22)23-7-5-4-6-8-23)36(48)28-13-14-46(28)52(49,50)34-32(40)30(38)29(37)31(39)33(34)41/h9-12,17-19,23,28H,4-8,13-16,20-21H2,1-3H3/t28-/m1/s1. The van der Waals surface area contributed by atoms with Gasteiger partial charge in [-0.3, -0.25) is 14.6 Å². The van der Waals surface area contributed by atoms with Crippen molar-refractivity contribution in [2.24, 2.45) is 0 Å². The van der Waals surface area contributed by atoms with Gasteiger partial charge in [-0.25, -0.2) is 35.1 Å². The number of hydrogen-bond acceptors (Lipinski definition) is 7. The fraction of sp³-hybridized carbons (Fsp3) is 0.444. The zero-order valence-electron chi connectivity index (χ0n) is 29.5. The number of halogens is 5. The third kappa shape index (κ3) is 7.93. The van der Waals surface area contributed by atoms with E-state index >= 15 is 0 Å². The summed E-state index contributed by atoms with van der Waals surface area (Å²) in [6, 6.07) is 7.59. The molecule has 0 radical (unpaired) electrons. The van der Waals surface area contributed by atoms with Gasteiger partial charge in [0.2, 0.25) is 21.7 Å². The molecule has 1 aliphatic carbocycles. The lowest BCUT2D eigenvalue weighted by atomic mass is 9.86. The van der Waals surface area contributed by atoms with E-state index in [9.17, 15) is 40.0 Å². The SMILES string of the molecule is C[Si](C)(C)CCOCn1ncc2cc(N(Cc3ccc(C4CCCCC4)nc3)C(=O)[C@H]3CCN3S(=O)(=O)c3c(F)c(F)c(F)c(F)c3F)ccc2c1=O. The van der Waals surface area contributed by atoms with Gasteiger partial charge >= 0.3 is 0 Å². The summed E-state index contributed by atoms with van der Waals surface area (Å²) in [6.45, 7) is 6.52. The van der Waals surface area contributed by atoms with Crippen molar-refractivity contribution in [3.63, 3.8) is 0 Å². The van der Waals surface area contributed by atoms with Crippen molar-refractivity contribution in [2.45, 2.75) is 94.3 Å². The first-order chi connectivity index (χ1) is 25.1. The van der Waals surface area contributed by atoms with E-state index < -0.39 is 76.1 Å². The summed E-state index contributed by atoms with van der Waals surface area (Å²) in [6.07, 6.45) is 8.39. The highest BCUT2D eigenvalue weighted by Crippen LogP contribution is 2.36. The normalized spacial score (nSPS) is 17.2. The Kier molecular flexibility index (Phi) is 11.2. The molecule has 0 bridgehead atoms. The molecule has 0 spiro atoms. The van der Waals surface area contributed by atoms with Gasteiger partial charge in [0.05, 0.1) is 18.1 Å². The smallest absolute Gasteiger partial charge is 0.276 e. The summed E-state index contributed by atoms with van der Waals surface area (Å²) < 4.78 is 105. The predicted octanol–water partition coefficient (Wildman–Crippen LogP) is 6.84. The van der Waals surface area contributed by atoms with Gasteiger partial charge < -0.3 is 9.64 Å². The largest absolute Gasteiger partial charge is 0.359 e. The average Bonchev–Trinajstić information content (AvgIpc) is 3.10. The summed E-state index contributed by atoms with van der Waals surface area (Å²) >= 11 is 0. The van der Waals surface area contributed by atoms with Gasteiger partial charge in [-0.2, -0.15) is 9.40 Å². The first kappa shape index (κ1) is 38.7. The molecule has 284 valence electrons. The Morgan fingerprint density at radius 3 is 2.21 bits per heavy atom. The minimum Gasteiger partial charge on any atom is -0.359 e. The van der Waals surface area contributed by atoms with E-state index in [0.29, 0.717) is 27.8 Å². The number of pyridine rings is 1. The number of fused-ring (bicyclic) bond motifs is 1. The summed E-state index contributed by atoms with van der Waals surface area (Å²) in [7, 11) is -6.73. The molecule has 1 atom stereocenters. The zero-order valence-corrected chi connectivity index (χ0v) is 31.4. The highest BCUT2D eigenvalue weighted by molar-refractivity contribution is 7.89. The Labute approximate surface area is 304 Å². The molecule has 2 aromatic heterocycles. The molecule has 2 fully saturated rings. The maximum Gasteiger partial charge on any atom is 0.276 e. The number of carbonyl (C=O) groups excluding carboxylic acids is 1. The summed E-state index contributed by atoms with van der Waals surface area (Å²) in [5.41, 5.74) is 1.31. The van der Waals surface area contributed by atoms with Crippen LogP contribution in [0.25, 0.3) is 10.8 Å². The third-order valence-electron chi connectivity index (χ3n) is 9.83. The number of ether oxygens (including phenoxy) is 1. The minimum absolute atomic E-state index is 0.0511. The maximum absolute atomic E-state index is 14.7. The van der Waals surface area contributed by atoms with E-state index in [4.69, 9.17) is 4.74 Å². The van der Waals surface area contributed by atoms with Gasteiger partial charge in [-0.15, -0.1) is 0 Å². The second-order valence-electron chi connectivity index (χ2n) is 14.7. The van der Waals surface area contributed by atoms with E-state index in [0.717, 1.165) is 37.4 Å². The molecular formula is C36H40F5N5O5SSi. The van der Waals surface area contributed by atoms with Gasteiger partial charge in [0.25, 0.3) is 5.56 Å². The van der Waals surface area contributed by atoms with Crippen molar-refractivity contribution >= 4 is 40.5 Å². The summed E-state index contributed by atoms with van der Waals surface area (Å²) in [5, 5.41) is 4.88. The van der Waals surface area contributed by atoms with Crippen molar-refractivity contribution in [1.82, 2.24) is 19.1 Å². The Balaban J connectivity index is 1.32. The van der Waals surface area contributed by atoms with E-state index in [-0.39, 0.29) is 30.8 Å². The molecule has 3 heterocycles. The number of benzene rings is 2. The highest BCUT2D eigenvalue weighted by atomic mass is 32.2. The van der Waals surface area contributed by atoms with Crippen molar-refractivity contribution in [3.05, 3.63) is 93.4 Å². The van der Waals surface area contributed by atoms with Crippen LogP contribution in [0.15, 0.2) is 52.4 Å². The lowest BCUT2D eigenvalue weighted by Crippen LogP contribution is -2.59. The molecule has 17 heteroatoms. The maximum atomic E-state index is 14.7. The molecule has 1 saturated carbocycles. The number of amides is 1. The molecule has 1 saturated heterocycles. The Morgan fingerprint density at radius 2 is 1.60 bits per heavy atom. The van der Waals surface area contributed by atoms with Crippen LogP contribution in [0.1, 0.15) is 55.7 Å². The fourth-order valence-corrected chi connectivity index (χ4v) is 9.12. The van der Waals surface area contributed by atoms with Gasteiger partial charge in [0.15, 0.2) is 28.2 Å². The molecule has 10 nitrogen and oxygen atoms in total. The van der Waals surface area contributed by atoms with Crippen molar-refractivity contribution < 1.29 is 39.9 Å². The molecule has 6 rings (SSSR count). The van der Waals surface area contributed by atoms with E-state index in [1.807, 2.05) is 12.1 Å². The minimum atomic E-state index is -5.38. The number of nitrogens with zero attached hydrogens (tertiary/aromatic N) is 5. The second-order valence-corrected chi connectivity index (χ2v) is 22.2. The lowest BCUT2D eigenvalue weighted by molar-refractivity contribution is -0.125. The van der Waals surface area contributed by atoms with E-state index in [2.05, 4.69) is 29.7 Å². The monoisotopic (exact) mass is 777 g/mol. The number of carbonyl (C=O) groups is 1. The van der Waals surface area contributed by atoms with E-state index in [1.54, 1.807) is 6.20 Å². The zero-order chi connectivity index (χ0) is 38.2. The molecule has 4 aromatic rings. The van der Waals surface area contributed by atoms with Crippen LogP contribution in [0.4, 0.5) is 27.6 Å². The average molecular weight is 778 g/mol. The van der Waals surface area contributed by atoms with Crippen molar-refractivity contribution in [3.8, 4) is 0 Å². The van der Waals surface area contributed by atoms with Crippen molar-refractivity contribution in [1.29, 1.82) is 0 Å². The lowest BCUT2D eigenvalue weighted by Gasteiger charge is -2.41. The van der Waals surface area contributed by atoms with Gasteiger partial charge in [-0.1, -0.05) is 45.0 Å². The van der Waals surface area contributed by atoms with Gasteiger partial charge in [0.1, 0.15) is 12.8 Å². The van der Waals surface area contributed by atoms with Crippen LogP contribution < -0.4 is 10.5 Å². The quantitative estimate of drug-likeness (QED) is 0.0509. The van der Waals surface area contributed by atoms with Crippen LogP contribution >= 0.6 is 0 Å². The van der Waals surface area contributed by atoms with Crippen LogP contribution in [0.2, 0.25) is 25.7 Å². The summed E-state index contributed by atoms with van der Waals surface area (Å²) in [4.78, 5) is 31.4. The molecule has 0 unspecified atom stereocenters. The molecule has 53 heavy (non-hydrogen) atoms. The molecule has 1 amide bonds. The number of hydrogen-bond donors (Lipinski definition) is 0. The number of rotatable bonds is 12. The number of aromatic nitrogens is 3. The number of anilines is 1. The fourth-order valence-electron chi connectivity index (χ4n) is 6.62. The first-order valence-electron chi connectivity index (χ1n) is 17.5. The number of sulfonamides is 1. The van der Waals surface area contributed by atoms with Crippen LogP contribution in [-0.4, -0.2) is 60.7 Å². The Bertz CT molecular complexity index is 2170. The van der Waals surface area contributed by atoms with Crippen LogP contribution in [0.3, 0.4) is 0 Å². The summed E-state index contributed by atoms with van der Waals surface area (Å²) in [5.74, 6) is -12.9. The first-order valence-corrected chi connectivity index (χ1v) is 22.6. The Morgan fingerprint density at radius 1 is 0.925 bits per heavy atom. The van der Waals surface area contributed by atoms with Crippen molar-refractivity contribution in [2.75, 3.05) is 18.1 Å². The van der Waals surface area contributed by atoms with Gasteiger partial charge in [-0.05, 0) is 55.1 Å². The predicted molar refractivity (Wildman–Crippen MR) is 190 cm³/mol. The van der Waals surface area contributed by atoms with E-state index in [1.165, 1.54) is 40.4 Å². The second kappa shape index (κ2) is 15.4. The Hall–Kier alpha value is -4.06. The highest BCUT2D eigenvalue weighted by Gasteiger charge is 2.48. The molecule has 2 aliphatic rings. The molecule has 0 N–H and O–H groups in total. The van der Waals surface area contributed by atoms with Crippen LogP contribution in [0, 0.1) is 29.1 Å². The van der Waals surface area contributed by atoms with Gasteiger partial charge in [0, 0.05) is 50.1 Å². The topological polar surface area (TPSA) is 115 Å². The van der Waals surface area contributed by atoms with Crippen LogP contribution in [0.5, 0.6) is 0 Å². The molecule has 1 aliphatic heterocycles.